The second-order valence-electron chi connectivity index (χ2n) is 5.62. The summed E-state index contributed by atoms with van der Waals surface area (Å²) in [4.78, 5) is 13.4. The number of anilines is 1. The van der Waals surface area contributed by atoms with E-state index in [1.54, 1.807) is 0 Å². The predicted octanol–water partition coefficient (Wildman–Crippen LogP) is 3.45. The zero-order chi connectivity index (χ0) is 13.5. The summed E-state index contributed by atoms with van der Waals surface area (Å²) in [5.41, 5.74) is 2.15. The molecule has 1 N–H and O–H groups in total. The van der Waals surface area contributed by atoms with Gasteiger partial charge in [-0.3, -0.25) is 4.79 Å². The lowest BCUT2D eigenvalue weighted by Crippen LogP contribution is -2.38. The van der Waals surface area contributed by atoms with Gasteiger partial charge in [-0.25, -0.2) is 0 Å². The molecule has 1 aliphatic heterocycles. The molecule has 0 saturated carbocycles. The summed E-state index contributed by atoms with van der Waals surface area (Å²) in [5, 5.41) is 9.19. The second-order valence-corrected chi connectivity index (χ2v) is 6.47. The van der Waals surface area contributed by atoms with E-state index in [0.717, 1.165) is 10.2 Å². The number of carboxylic acid groups (broad SMARTS) is 1. The summed E-state index contributed by atoms with van der Waals surface area (Å²) in [6.07, 6.45) is 0.683. The molecule has 1 saturated heterocycles. The van der Waals surface area contributed by atoms with Crippen LogP contribution in [-0.2, 0) is 4.79 Å². The monoisotopic (exact) mass is 311 g/mol. The van der Waals surface area contributed by atoms with Crippen molar-refractivity contribution in [2.24, 2.45) is 5.92 Å². The van der Waals surface area contributed by atoms with Crippen LogP contribution in [0.3, 0.4) is 0 Å². The van der Waals surface area contributed by atoms with Crippen molar-refractivity contribution < 1.29 is 9.90 Å². The Balaban J connectivity index is 2.35. The molecule has 0 aliphatic carbocycles. The smallest absolute Gasteiger partial charge is 0.308 e. The summed E-state index contributed by atoms with van der Waals surface area (Å²) in [7, 11) is 0. The molecule has 98 valence electrons. The summed E-state index contributed by atoms with van der Waals surface area (Å²) < 4.78 is 1.03. The van der Waals surface area contributed by atoms with Crippen molar-refractivity contribution >= 4 is 27.6 Å². The van der Waals surface area contributed by atoms with Gasteiger partial charge >= 0.3 is 5.97 Å². The highest BCUT2D eigenvalue weighted by molar-refractivity contribution is 9.10. The quantitative estimate of drug-likeness (QED) is 0.909. The minimum atomic E-state index is -0.700. The number of hydrogen-bond donors (Lipinski definition) is 1. The lowest BCUT2D eigenvalue weighted by Gasteiger charge is -2.34. The Bertz CT molecular complexity index is 485. The number of carboxylic acids is 1. The van der Waals surface area contributed by atoms with E-state index in [4.69, 9.17) is 0 Å². The first-order valence-electron chi connectivity index (χ1n) is 6.08. The van der Waals surface area contributed by atoms with E-state index in [-0.39, 0.29) is 11.5 Å². The maximum absolute atomic E-state index is 11.2. The van der Waals surface area contributed by atoms with Crippen LogP contribution in [0.2, 0.25) is 0 Å². The summed E-state index contributed by atoms with van der Waals surface area (Å²) in [6, 6.07) is 6.19. The van der Waals surface area contributed by atoms with Gasteiger partial charge in [-0.15, -0.1) is 0 Å². The summed E-state index contributed by atoms with van der Waals surface area (Å²) in [5.74, 6) is -0.984. The first kappa shape index (κ1) is 13.4. The van der Waals surface area contributed by atoms with Crippen molar-refractivity contribution in [3.63, 3.8) is 0 Å². The van der Waals surface area contributed by atoms with Crippen molar-refractivity contribution in [1.82, 2.24) is 0 Å². The number of nitrogens with zero attached hydrogens (tertiary/aromatic N) is 1. The molecule has 1 aromatic rings. The summed E-state index contributed by atoms with van der Waals surface area (Å²) >= 11 is 3.58. The van der Waals surface area contributed by atoms with E-state index >= 15 is 0 Å². The number of hydrogen-bond acceptors (Lipinski definition) is 2. The van der Waals surface area contributed by atoms with Gasteiger partial charge in [0.2, 0.25) is 0 Å². The van der Waals surface area contributed by atoms with Gasteiger partial charge in [0.15, 0.2) is 0 Å². The van der Waals surface area contributed by atoms with Crippen LogP contribution in [0.15, 0.2) is 22.7 Å². The van der Waals surface area contributed by atoms with Gasteiger partial charge in [-0.2, -0.15) is 0 Å². The Morgan fingerprint density at radius 1 is 1.50 bits per heavy atom. The van der Waals surface area contributed by atoms with Gasteiger partial charge in [0, 0.05) is 16.6 Å². The van der Waals surface area contributed by atoms with Gasteiger partial charge in [-0.1, -0.05) is 6.07 Å². The third-order valence-corrected chi connectivity index (χ3v) is 4.26. The Hall–Kier alpha value is -1.03. The minimum absolute atomic E-state index is 0.124. The first-order valence-corrected chi connectivity index (χ1v) is 6.87. The molecular formula is C14H18BrNO2. The van der Waals surface area contributed by atoms with Crippen LogP contribution in [0.25, 0.3) is 0 Å². The molecule has 0 amide bonds. The van der Waals surface area contributed by atoms with Crippen LogP contribution in [0.4, 0.5) is 5.69 Å². The number of rotatable bonds is 2. The molecule has 4 heteroatoms. The standard InChI is InChI=1S/C14H18BrNO2/c1-9-4-5-12(11(15)6-9)16-8-10(13(17)18)7-14(16,2)3/h4-6,10H,7-8H2,1-3H3,(H,17,18). The Kier molecular flexibility index (Phi) is 3.41. The highest BCUT2D eigenvalue weighted by atomic mass is 79.9. The SMILES string of the molecule is Cc1ccc(N2CC(C(=O)O)CC2(C)C)c(Br)c1. The zero-order valence-corrected chi connectivity index (χ0v) is 12.5. The van der Waals surface area contributed by atoms with Gasteiger partial charge in [0.25, 0.3) is 0 Å². The van der Waals surface area contributed by atoms with Crippen LogP contribution in [0, 0.1) is 12.8 Å². The van der Waals surface area contributed by atoms with E-state index < -0.39 is 5.97 Å². The molecule has 1 fully saturated rings. The Morgan fingerprint density at radius 2 is 2.17 bits per heavy atom. The Morgan fingerprint density at radius 3 is 2.67 bits per heavy atom. The van der Waals surface area contributed by atoms with Gasteiger partial charge in [0.1, 0.15) is 0 Å². The van der Waals surface area contributed by atoms with Crippen LogP contribution < -0.4 is 4.90 Å². The molecule has 1 aromatic carbocycles. The molecule has 1 aliphatic rings. The van der Waals surface area contributed by atoms with Gasteiger partial charge < -0.3 is 10.0 Å². The predicted molar refractivity (Wildman–Crippen MR) is 76.0 cm³/mol. The molecule has 1 unspecified atom stereocenters. The van der Waals surface area contributed by atoms with Crippen LogP contribution in [-0.4, -0.2) is 23.2 Å². The topological polar surface area (TPSA) is 40.5 Å². The molecule has 2 rings (SSSR count). The average Bonchev–Trinajstić information content (AvgIpc) is 2.55. The number of carbonyl (C=O) groups is 1. The fourth-order valence-electron chi connectivity index (χ4n) is 2.67. The molecule has 0 radical (unpaired) electrons. The molecule has 18 heavy (non-hydrogen) atoms. The maximum atomic E-state index is 11.2. The normalized spacial score (nSPS) is 22.2. The van der Waals surface area contributed by atoms with Crippen LogP contribution in [0.1, 0.15) is 25.8 Å². The second kappa shape index (κ2) is 4.57. The molecule has 3 nitrogen and oxygen atoms in total. The molecule has 0 bridgehead atoms. The molecule has 0 spiro atoms. The Labute approximate surface area is 116 Å². The van der Waals surface area contributed by atoms with E-state index in [9.17, 15) is 9.90 Å². The van der Waals surface area contributed by atoms with Crippen molar-refractivity contribution in [3.8, 4) is 0 Å². The van der Waals surface area contributed by atoms with Crippen molar-refractivity contribution in [2.75, 3.05) is 11.4 Å². The molecule has 0 aromatic heterocycles. The average molecular weight is 312 g/mol. The van der Waals surface area contributed by atoms with E-state index in [1.165, 1.54) is 5.56 Å². The molecular weight excluding hydrogens is 294 g/mol. The molecule has 1 atom stereocenters. The van der Waals surface area contributed by atoms with E-state index in [0.29, 0.717) is 13.0 Å². The highest BCUT2D eigenvalue weighted by Crippen LogP contribution is 2.40. The zero-order valence-electron chi connectivity index (χ0n) is 10.9. The number of aliphatic carboxylic acids is 1. The lowest BCUT2D eigenvalue weighted by molar-refractivity contribution is -0.141. The van der Waals surface area contributed by atoms with Crippen molar-refractivity contribution in [3.05, 3.63) is 28.2 Å². The maximum Gasteiger partial charge on any atom is 0.308 e. The van der Waals surface area contributed by atoms with Crippen molar-refractivity contribution in [2.45, 2.75) is 32.7 Å². The number of aryl methyl sites for hydroxylation is 1. The highest BCUT2D eigenvalue weighted by Gasteiger charge is 2.42. The van der Waals surface area contributed by atoms with Gasteiger partial charge in [0.05, 0.1) is 11.6 Å². The van der Waals surface area contributed by atoms with Crippen molar-refractivity contribution in [1.29, 1.82) is 0 Å². The third kappa shape index (κ3) is 2.39. The lowest BCUT2D eigenvalue weighted by atomic mass is 9.96. The van der Waals surface area contributed by atoms with Gasteiger partial charge in [-0.05, 0) is 60.8 Å². The third-order valence-electron chi connectivity index (χ3n) is 3.62. The number of halogens is 1. The first-order chi connectivity index (χ1) is 8.31. The number of benzene rings is 1. The molecule has 1 heterocycles. The van der Waals surface area contributed by atoms with E-state index in [2.05, 4.69) is 52.9 Å². The fourth-order valence-corrected chi connectivity index (χ4v) is 3.37. The largest absolute Gasteiger partial charge is 0.481 e. The van der Waals surface area contributed by atoms with E-state index in [1.807, 2.05) is 6.92 Å². The minimum Gasteiger partial charge on any atom is -0.481 e. The van der Waals surface area contributed by atoms with Crippen LogP contribution >= 0.6 is 15.9 Å². The summed E-state index contributed by atoms with van der Waals surface area (Å²) in [6.45, 7) is 6.82. The van der Waals surface area contributed by atoms with Crippen LogP contribution in [0.5, 0.6) is 0 Å². The fraction of sp³-hybridized carbons (Fsp3) is 0.500.